The first kappa shape index (κ1) is 12.3. The Hall–Kier alpha value is -0.180. The van der Waals surface area contributed by atoms with Crippen molar-refractivity contribution < 1.29 is 4.79 Å². The summed E-state index contributed by atoms with van der Waals surface area (Å²) in [6.07, 6.45) is 4.33. The summed E-state index contributed by atoms with van der Waals surface area (Å²) in [5.74, 6) is 2.67. The van der Waals surface area contributed by atoms with Crippen LogP contribution in [0.25, 0.3) is 0 Å². The van der Waals surface area contributed by atoms with Gasteiger partial charge in [0.2, 0.25) is 5.91 Å². The average Bonchev–Trinajstić information content (AvgIpc) is 2.83. The van der Waals surface area contributed by atoms with Gasteiger partial charge >= 0.3 is 0 Å². The fraction of sp³-hybridized carbons (Fsp3) is 0.923. The molecule has 1 saturated carbocycles. The molecule has 0 bridgehead atoms. The van der Waals surface area contributed by atoms with Crippen LogP contribution in [0.4, 0.5) is 0 Å². The molecule has 1 saturated heterocycles. The second-order valence-corrected chi connectivity index (χ2v) is 6.28. The van der Waals surface area contributed by atoms with E-state index < -0.39 is 0 Å². The molecule has 0 radical (unpaired) electrons. The molecule has 3 heteroatoms. The van der Waals surface area contributed by atoms with Gasteiger partial charge in [0.05, 0.1) is 0 Å². The van der Waals surface area contributed by atoms with Crippen molar-refractivity contribution in [2.45, 2.75) is 39.5 Å². The number of amides is 1. The van der Waals surface area contributed by atoms with E-state index in [1.807, 2.05) is 0 Å². The van der Waals surface area contributed by atoms with Crippen molar-refractivity contribution in [3.8, 4) is 0 Å². The van der Waals surface area contributed by atoms with Crippen LogP contribution < -0.4 is 0 Å². The first-order chi connectivity index (χ1) is 7.56. The Kier molecular flexibility index (Phi) is 3.53. The van der Waals surface area contributed by atoms with Crippen molar-refractivity contribution in [1.29, 1.82) is 0 Å². The van der Waals surface area contributed by atoms with Crippen molar-refractivity contribution in [2.24, 2.45) is 17.3 Å². The number of carbonyl (C=O) groups excluding carboxylic acids is 1. The van der Waals surface area contributed by atoms with E-state index >= 15 is 0 Å². The quantitative estimate of drug-likeness (QED) is 0.750. The molecule has 1 heterocycles. The summed E-state index contributed by atoms with van der Waals surface area (Å²) < 4.78 is 0. The number of rotatable bonds is 4. The summed E-state index contributed by atoms with van der Waals surface area (Å²) in [6, 6.07) is 0. The molecule has 2 rings (SSSR count). The first-order valence-electron chi connectivity index (χ1n) is 6.45. The van der Waals surface area contributed by atoms with Gasteiger partial charge in [-0.1, -0.05) is 13.8 Å². The van der Waals surface area contributed by atoms with E-state index in [4.69, 9.17) is 0 Å². The fourth-order valence-corrected chi connectivity index (χ4v) is 2.99. The average molecular weight is 241 g/mol. The van der Waals surface area contributed by atoms with Crippen LogP contribution in [-0.4, -0.2) is 29.6 Å². The van der Waals surface area contributed by atoms with Gasteiger partial charge in [0.25, 0.3) is 0 Å². The first-order valence-corrected chi connectivity index (χ1v) is 7.08. The highest BCUT2D eigenvalue weighted by Crippen LogP contribution is 2.50. The minimum Gasteiger partial charge on any atom is -0.342 e. The van der Waals surface area contributed by atoms with Crippen LogP contribution in [0, 0.1) is 17.3 Å². The normalized spacial score (nSPS) is 27.5. The Labute approximate surface area is 104 Å². The van der Waals surface area contributed by atoms with Gasteiger partial charge in [0.1, 0.15) is 0 Å². The maximum atomic E-state index is 12.1. The molecule has 0 aromatic rings. The van der Waals surface area contributed by atoms with E-state index in [1.165, 1.54) is 19.3 Å². The van der Waals surface area contributed by atoms with Crippen molar-refractivity contribution in [1.82, 2.24) is 4.90 Å². The number of hydrogen-bond donors (Lipinski definition) is 1. The lowest BCUT2D eigenvalue weighted by molar-refractivity contribution is -0.131. The lowest BCUT2D eigenvalue weighted by Crippen LogP contribution is -2.31. The van der Waals surface area contributed by atoms with Gasteiger partial charge in [-0.05, 0) is 42.3 Å². The second-order valence-electron chi connectivity index (χ2n) is 5.97. The van der Waals surface area contributed by atoms with Crippen molar-refractivity contribution in [2.75, 3.05) is 18.8 Å². The monoisotopic (exact) mass is 241 g/mol. The molecule has 1 atom stereocenters. The van der Waals surface area contributed by atoms with E-state index in [2.05, 4.69) is 31.4 Å². The van der Waals surface area contributed by atoms with Crippen molar-refractivity contribution in [3.05, 3.63) is 0 Å². The molecule has 1 aliphatic carbocycles. The summed E-state index contributed by atoms with van der Waals surface area (Å²) in [5.41, 5.74) is 0.274. The summed E-state index contributed by atoms with van der Waals surface area (Å²) >= 11 is 4.36. The summed E-state index contributed by atoms with van der Waals surface area (Å²) in [6.45, 7) is 6.48. The third kappa shape index (κ3) is 2.55. The van der Waals surface area contributed by atoms with Gasteiger partial charge in [0.15, 0.2) is 0 Å². The number of likely N-dealkylation sites (tertiary alicyclic amines) is 1. The molecule has 92 valence electrons. The molecule has 0 spiro atoms. The topological polar surface area (TPSA) is 20.3 Å². The largest absolute Gasteiger partial charge is 0.342 e. The molecule has 0 N–H and O–H groups in total. The molecule has 0 aromatic carbocycles. The van der Waals surface area contributed by atoms with Gasteiger partial charge in [-0.3, -0.25) is 4.79 Å². The third-order valence-electron chi connectivity index (χ3n) is 4.34. The maximum absolute atomic E-state index is 12.1. The summed E-state index contributed by atoms with van der Waals surface area (Å²) in [5, 5.41) is 0. The van der Waals surface area contributed by atoms with Crippen LogP contribution in [0.3, 0.4) is 0 Å². The van der Waals surface area contributed by atoms with Crippen LogP contribution >= 0.6 is 12.6 Å². The van der Waals surface area contributed by atoms with E-state index in [1.54, 1.807) is 0 Å². The predicted octanol–water partition coefficient (Wildman–Crippen LogP) is 2.59. The zero-order chi connectivity index (χ0) is 11.8. The molecule has 1 amide bonds. The molecule has 1 unspecified atom stereocenters. The predicted molar refractivity (Wildman–Crippen MR) is 69.7 cm³/mol. The zero-order valence-corrected chi connectivity index (χ0v) is 11.3. The van der Waals surface area contributed by atoms with Crippen molar-refractivity contribution >= 4 is 18.5 Å². The summed E-state index contributed by atoms with van der Waals surface area (Å²) in [4.78, 5) is 14.2. The van der Waals surface area contributed by atoms with Gasteiger partial charge in [-0.25, -0.2) is 0 Å². The smallest absolute Gasteiger partial charge is 0.223 e. The minimum atomic E-state index is 0.274. The lowest BCUT2D eigenvalue weighted by atomic mass is 9.95. The van der Waals surface area contributed by atoms with Crippen LogP contribution in [0.15, 0.2) is 0 Å². The number of hydrogen-bond acceptors (Lipinski definition) is 2. The Morgan fingerprint density at radius 3 is 2.62 bits per heavy atom. The van der Waals surface area contributed by atoms with Gasteiger partial charge in [-0.15, -0.1) is 0 Å². The summed E-state index contributed by atoms with van der Waals surface area (Å²) in [7, 11) is 0. The third-order valence-corrected chi connectivity index (χ3v) is 5.01. The molecular weight excluding hydrogens is 218 g/mol. The van der Waals surface area contributed by atoms with Gasteiger partial charge in [0, 0.05) is 19.5 Å². The highest BCUT2D eigenvalue weighted by Gasteiger charge is 2.44. The molecule has 2 nitrogen and oxygen atoms in total. The Morgan fingerprint density at radius 2 is 2.19 bits per heavy atom. The zero-order valence-electron chi connectivity index (χ0n) is 10.4. The molecule has 0 aromatic heterocycles. The van der Waals surface area contributed by atoms with Crippen LogP contribution in [-0.2, 0) is 4.79 Å². The van der Waals surface area contributed by atoms with Gasteiger partial charge in [-0.2, -0.15) is 12.6 Å². The maximum Gasteiger partial charge on any atom is 0.223 e. The van der Waals surface area contributed by atoms with Gasteiger partial charge < -0.3 is 4.90 Å². The van der Waals surface area contributed by atoms with E-state index in [0.717, 1.165) is 31.2 Å². The molecule has 1 aliphatic heterocycles. The van der Waals surface area contributed by atoms with E-state index in [-0.39, 0.29) is 5.41 Å². The fourth-order valence-electron chi connectivity index (χ4n) is 2.56. The highest BCUT2D eigenvalue weighted by molar-refractivity contribution is 7.80. The lowest BCUT2D eigenvalue weighted by Gasteiger charge is -2.20. The van der Waals surface area contributed by atoms with Crippen LogP contribution in [0.1, 0.15) is 39.5 Å². The Bertz CT molecular complexity index is 273. The molecule has 2 fully saturated rings. The number of carbonyl (C=O) groups is 1. The Morgan fingerprint density at radius 1 is 1.50 bits per heavy atom. The minimum absolute atomic E-state index is 0.274. The second kappa shape index (κ2) is 4.59. The Balaban J connectivity index is 1.83. The van der Waals surface area contributed by atoms with Crippen LogP contribution in [0.2, 0.25) is 0 Å². The standard InChI is InChI=1S/C13H23NOS/c1-10(2)11-3-6-14(8-11)12(15)7-13(9-16)4-5-13/h10-11,16H,3-9H2,1-2H3. The van der Waals surface area contributed by atoms with Crippen molar-refractivity contribution in [3.63, 3.8) is 0 Å². The molecule has 16 heavy (non-hydrogen) atoms. The van der Waals surface area contributed by atoms with E-state index in [0.29, 0.717) is 11.8 Å². The number of nitrogens with zero attached hydrogens (tertiary/aromatic N) is 1. The molecule has 2 aliphatic rings. The van der Waals surface area contributed by atoms with Crippen LogP contribution in [0.5, 0.6) is 0 Å². The number of thiol groups is 1. The highest BCUT2D eigenvalue weighted by atomic mass is 32.1. The molecular formula is C13H23NOS. The SMILES string of the molecule is CC(C)C1CCN(C(=O)CC2(CS)CC2)C1. The van der Waals surface area contributed by atoms with E-state index in [9.17, 15) is 4.79 Å².